The number of nitrogens with zero attached hydrogens (tertiary/aromatic N) is 2. The fraction of sp³-hybridized carbons (Fsp3) is 0.951. The second kappa shape index (κ2) is 32.7. The van der Waals surface area contributed by atoms with Gasteiger partial charge in [-0.25, -0.2) is 0 Å². The van der Waals surface area contributed by atoms with Gasteiger partial charge in [0, 0.05) is 25.5 Å². The summed E-state index contributed by atoms with van der Waals surface area (Å²) in [7, 11) is 0. The zero-order valence-electron chi connectivity index (χ0n) is 30.4. The van der Waals surface area contributed by atoms with E-state index in [2.05, 4.69) is 43.0 Å². The maximum absolute atomic E-state index is 2.72. The lowest BCUT2D eigenvalue weighted by Gasteiger charge is -2.33. The smallest absolute Gasteiger partial charge is 0.101 e. The minimum absolute atomic E-state index is 0.640. The van der Waals surface area contributed by atoms with Crippen molar-refractivity contribution in [2.75, 3.05) is 13.1 Å². The van der Waals surface area contributed by atoms with Gasteiger partial charge < -0.3 is 9.80 Å². The minimum atomic E-state index is 0.640. The molecule has 0 saturated carbocycles. The zero-order chi connectivity index (χ0) is 30.9. The van der Waals surface area contributed by atoms with Crippen molar-refractivity contribution >= 4 is 0 Å². The predicted molar refractivity (Wildman–Crippen MR) is 196 cm³/mol. The highest BCUT2D eigenvalue weighted by Gasteiger charge is 2.24. The molecule has 1 aliphatic rings. The summed E-state index contributed by atoms with van der Waals surface area (Å²) in [6, 6.07) is 0. The summed E-state index contributed by atoms with van der Waals surface area (Å²) >= 11 is 0. The van der Waals surface area contributed by atoms with Gasteiger partial charge in [0.25, 0.3) is 0 Å². The van der Waals surface area contributed by atoms with Crippen molar-refractivity contribution in [1.82, 2.24) is 9.80 Å². The van der Waals surface area contributed by atoms with Crippen LogP contribution in [0.5, 0.6) is 0 Å². The van der Waals surface area contributed by atoms with Gasteiger partial charge in [-0.05, 0) is 25.7 Å². The number of hydrogen-bond acceptors (Lipinski definition) is 2. The summed E-state index contributed by atoms with van der Waals surface area (Å²) < 4.78 is 0. The molecule has 0 N–H and O–H groups in total. The Bertz CT molecular complexity index is 558. The van der Waals surface area contributed by atoms with Crippen LogP contribution in [0.25, 0.3) is 0 Å². The number of rotatable bonds is 35. The molecule has 0 aliphatic carbocycles. The first-order valence-corrected chi connectivity index (χ1v) is 20.5. The Morgan fingerprint density at radius 1 is 0.302 bits per heavy atom. The molecule has 2 nitrogen and oxygen atoms in total. The van der Waals surface area contributed by atoms with Crippen molar-refractivity contribution < 1.29 is 0 Å². The van der Waals surface area contributed by atoms with Gasteiger partial charge in [0.15, 0.2) is 0 Å². The van der Waals surface area contributed by atoms with E-state index in [0.29, 0.717) is 6.17 Å². The van der Waals surface area contributed by atoms with Gasteiger partial charge >= 0.3 is 0 Å². The van der Waals surface area contributed by atoms with Gasteiger partial charge in [-0.2, -0.15) is 0 Å². The van der Waals surface area contributed by atoms with Crippen molar-refractivity contribution in [3.63, 3.8) is 0 Å². The standard InChI is InChI=1S/C41H82N2/c1-4-7-10-13-16-18-20-22-24-26-29-32-35-38-43-40-39-42(41(43)36-33-30-27-15-12-9-6-3)37-34-31-28-25-23-21-19-17-14-11-8-5-2/h39-41H,4-38H2,1-3H3. The fourth-order valence-electron chi connectivity index (χ4n) is 7.07. The second-order valence-electron chi connectivity index (χ2n) is 14.3. The molecule has 0 bridgehead atoms. The molecule has 1 atom stereocenters. The van der Waals surface area contributed by atoms with Crippen LogP contribution in [0.15, 0.2) is 12.4 Å². The molecule has 1 rings (SSSR count). The first-order chi connectivity index (χ1) is 21.3. The van der Waals surface area contributed by atoms with Gasteiger partial charge in [-0.1, -0.05) is 207 Å². The molecule has 256 valence electrons. The van der Waals surface area contributed by atoms with E-state index >= 15 is 0 Å². The number of hydrogen-bond donors (Lipinski definition) is 0. The van der Waals surface area contributed by atoms with Crippen LogP contribution in [0.4, 0.5) is 0 Å². The van der Waals surface area contributed by atoms with E-state index in [0.717, 1.165) is 0 Å². The second-order valence-corrected chi connectivity index (χ2v) is 14.3. The SMILES string of the molecule is CCCCCCCCCCCCCCCN1C=CN(CCCCCCCCCCCCCC)C1CCCCCCCCC. The highest BCUT2D eigenvalue weighted by Crippen LogP contribution is 2.24. The fourth-order valence-corrected chi connectivity index (χ4v) is 7.07. The molecule has 0 fully saturated rings. The van der Waals surface area contributed by atoms with Crippen molar-refractivity contribution in [2.24, 2.45) is 0 Å². The molecular formula is C41H82N2. The van der Waals surface area contributed by atoms with Crippen molar-refractivity contribution in [3.05, 3.63) is 12.4 Å². The summed E-state index contributed by atoms with van der Waals surface area (Å²) in [6.07, 6.45) is 52.9. The third-order valence-electron chi connectivity index (χ3n) is 10.1. The lowest BCUT2D eigenvalue weighted by molar-refractivity contribution is 0.135. The molecule has 0 aromatic heterocycles. The monoisotopic (exact) mass is 603 g/mol. The van der Waals surface area contributed by atoms with Crippen LogP contribution in [0.2, 0.25) is 0 Å². The summed E-state index contributed by atoms with van der Waals surface area (Å²) in [6.45, 7) is 9.49. The van der Waals surface area contributed by atoms with Gasteiger partial charge in [0.05, 0.1) is 0 Å². The van der Waals surface area contributed by atoms with Crippen LogP contribution in [0, 0.1) is 0 Å². The normalized spacial score (nSPS) is 14.9. The number of unbranched alkanes of at least 4 members (excludes halogenated alkanes) is 29. The molecular weight excluding hydrogens is 520 g/mol. The molecule has 1 heterocycles. The molecule has 2 heteroatoms. The van der Waals surface area contributed by atoms with E-state index in [9.17, 15) is 0 Å². The maximum Gasteiger partial charge on any atom is 0.101 e. The third kappa shape index (κ3) is 25.2. The largest absolute Gasteiger partial charge is 0.356 e. The molecule has 1 aliphatic heterocycles. The van der Waals surface area contributed by atoms with E-state index < -0.39 is 0 Å². The van der Waals surface area contributed by atoms with E-state index in [1.807, 2.05) is 0 Å². The third-order valence-corrected chi connectivity index (χ3v) is 10.1. The van der Waals surface area contributed by atoms with E-state index in [-0.39, 0.29) is 0 Å². The van der Waals surface area contributed by atoms with Crippen molar-refractivity contribution in [3.8, 4) is 0 Å². The minimum Gasteiger partial charge on any atom is -0.356 e. The van der Waals surface area contributed by atoms with Gasteiger partial charge in [-0.15, -0.1) is 0 Å². The summed E-state index contributed by atoms with van der Waals surface area (Å²) in [5, 5.41) is 0. The van der Waals surface area contributed by atoms with Crippen LogP contribution < -0.4 is 0 Å². The van der Waals surface area contributed by atoms with E-state index in [4.69, 9.17) is 0 Å². The van der Waals surface area contributed by atoms with Crippen LogP contribution in [0.3, 0.4) is 0 Å². The van der Waals surface area contributed by atoms with Crippen molar-refractivity contribution in [2.45, 2.75) is 239 Å². The van der Waals surface area contributed by atoms with Crippen LogP contribution in [0.1, 0.15) is 233 Å². The Morgan fingerprint density at radius 3 is 0.814 bits per heavy atom. The molecule has 0 radical (unpaired) electrons. The quantitative estimate of drug-likeness (QED) is 0.0666. The highest BCUT2D eigenvalue weighted by molar-refractivity contribution is 4.97. The van der Waals surface area contributed by atoms with Crippen molar-refractivity contribution in [1.29, 1.82) is 0 Å². The maximum atomic E-state index is 2.72. The van der Waals surface area contributed by atoms with Gasteiger partial charge in [-0.3, -0.25) is 0 Å². The van der Waals surface area contributed by atoms with Crippen LogP contribution in [-0.2, 0) is 0 Å². The summed E-state index contributed by atoms with van der Waals surface area (Å²) in [4.78, 5) is 5.44. The summed E-state index contributed by atoms with van der Waals surface area (Å²) in [5.41, 5.74) is 0. The summed E-state index contributed by atoms with van der Waals surface area (Å²) in [5.74, 6) is 0. The first-order valence-electron chi connectivity index (χ1n) is 20.5. The molecule has 0 amide bonds. The Labute approximate surface area is 273 Å². The van der Waals surface area contributed by atoms with E-state index in [1.54, 1.807) is 0 Å². The molecule has 0 saturated heterocycles. The van der Waals surface area contributed by atoms with Gasteiger partial charge in [0.2, 0.25) is 0 Å². The van der Waals surface area contributed by atoms with Gasteiger partial charge in [0.1, 0.15) is 6.17 Å². The highest BCUT2D eigenvalue weighted by atomic mass is 15.4. The topological polar surface area (TPSA) is 6.48 Å². The van der Waals surface area contributed by atoms with Crippen LogP contribution in [-0.4, -0.2) is 29.1 Å². The first kappa shape index (κ1) is 40.4. The molecule has 0 spiro atoms. The average Bonchev–Trinajstić information content (AvgIpc) is 3.40. The predicted octanol–water partition coefficient (Wildman–Crippen LogP) is 14.3. The Morgan fingerprint density at radius 2 is 0.535 bits per heavy atom. The Balaban J connectivity index is 2.18. The molecule has 43 heavy (non-hydrogen) atoms. The average molecular weight is 603 g/mol. The Kier molecular flexibility index (Phi) is 30.7. The van der Waals surface area contributed by atoms with E-state index in [1.165, 1.54) is 225 Å². The zero-order valence-corrected chi connectivity index (χ0v) is 30.4. The molecule has 0 aromatic carbocycles. The molecule has 0 aromatic rings. The van der Waals surface area contributed by atoms with Crippen LogP contribution >= 0.6 is 0 Å². The lowest BCUT2D eigenvalue weighted by Crippen LogP contribution is -2.39. The lowest BCUT2D eigenvalue weighted by atomic mass is 10.0. The Hall–Kier alpha value is -0.660. The molecule has 1 unspecified atom stereocenters.